The average Bonchev–Trinajstić information content (AvgIpc) is 2.48. The van der Waals surface area contributed by atoms with Crippen molar-refractivity contribution in [3.8, 4) is 5.75 Å². The first-order chi connectivity index (χ1) is 9.47. The van der Waals surface area contributed by atoms with Crippen LogP contribution in [0.15, 0.2) is 18.3 Å². The van der Waals surface area contributed by atoms with Gasteiger partial charge in [-0.15, -0.1) is 0 Å². The van der Waals surface area contributed by atoms with Gasteiger partial charge in [0.15, 0.2) is 0 Å². The molecule has 1 saturated heterocycles. The molecule has 0 radical (unpaired) electrons. The molecule has 1 aromatic rings. The molecule has 0 unspecified atom stereocenters. The van der Waals surface area contributed by atoms with Crippen LogP contribution in [0.3, 0.4) is 0 Å². The lowest BCUT2D eigenvalue weighted by Crippen LogP contribution is -2.61. The molecule has 20 heavy (non-hydrogen) atoms. The van der Waals surface area contributed by atoms with Gasteiger partial charge in [-0.2, -0.15) is 0 Å². The molecule has 2 rings (SSSR count). The minimum atomic E-state index is -0.490. The molecule has 1 aromatic heterocycles. The number of piperazine rings is 1. The van der Waals surface area contributed by atoms with Crippen LogP contribution in [0, 0.1) is 0 Å². The predicted octanol–water partition coefficient (Wildman–Crippen LogP) is 0.668. The molecule has 1 fully saturated rings. The third-order valence-corrected chi connectivity index (χ3v) is 3.78. The molecule has 0 bridgehead atoms. The zero-order valence-corrected chi connectivity index (χ0v) is 12.2. The molecule has 6 heteroatoms. The van der Waals surface area contributed by atoms with Gasteiger partial charge < -0.3 is 14.5 Å². The van der Waals surface area contributed by atoms with E-state index in [2.05, 4.69) is 4.98 Å². The van der Waals surface area contributed by atoms with E-state index in [-0.39, 0.29) is 18.4 Å². The third kappa shape index (κ3) is 2.33. The monoisotopic (exact) mass is 277 g/mol. The summed E-state index contributed by atoms with van der Waals surface area (Å²) in [6.07, 6.45) is 1.65. The molecule has 1 aliphatic rings. The van der Waals surface area contributed by atoms with Crippen molar-refractivity contribution in [3.05, 3.63) is 24.0 Å². The average molecular weight is 277 g/mol. The lowest BCUT2D eigenvalue weighted by Gasteiger charge is -2.41. The summed E-state index contributed by atoms with van der Waals surface area (Å²) in [6, 6.07) is 2.62. The normalized spacial score (nSPS) is 23.2. The fourth-order valence-electron chi connectivity index (χ4n) is 2.32. The molecule has 108 valence electrons. The molecule has 0 saturated carbocycles. The fraction of sp³-hybridized carbons (Fsp3) is 0.500. The molecule has 0 aliphatic carbocycles. The number of likely N-dealkylation sites (N-methyl/N-ethyl adjacent to an activating group) is 1. The van der Waals surface area contributed by atoms with Crippen LogP contribution < -0.4 is 4.74 Å². The van der Waals surface area contributed by atoms with Crippen molar-refractivity contribution in [1.29, 1.82) is 0 Å². The molecule has 6 nitrogen and oxygen atoms in total. The van der Waals surface area contributed by atoms with Gasteiger partial charge in [-0.3, -0.25) is 14.6 Å². The summed E-state index contributed by atoms with van der Waals surface area (Å²) in [5.41, 5.74) is 0.653. The minimum Gasteiger partial charge on any atom is -0.495 e. The molecule has 0 spiro atoms. The van der Waals surface area contributed by atoms with Gasteiger partial charge in [0.05, 0.1) is 13.7 Å². The van der Waals surface area contributed by atoms with Gasteiger partial charge in [0.2, 0.25) is 11.8 Å². The van der Waals surface area contributed by atoms with E-state index < -0.39 is 12.1 Å². The van der Waals surface area contributed by atoms with Gasteiger partial charge in [-0.1, -0.05) is 0 Å². The van der Waals surface area contributed by atoms with Crippen molar-refractivity contribution in [3.63, 3.8) is 0 Å². The summed E-state index contributed by atoms with van der Waals surface area (Å²) in [5, 5.41) is 0. The number of hydrogen-bond donors (Lipinski definition) is 0. The highest BCUT2D eigenvalue weighted by Crippen LogP contribution is 2.22. The Bertz CT molecular complexity index is 532. The van der Waals surface area contributed by atoms with Crippen molar-refractivity contribution in [1.82, 2.24) is 14.8 Å². The van der Waals surface area contributed by atoms with E-state index in [1.165, 1.54) is 4.90 Å². The lowest BCUT2D eigenvalue weighted by molar-refractivity contribution is -0.159. The Morgan fingerprint density at radius 3 is 2.60 bits per heavy atom. The van der Waals surface area contributed by atoms with Crippen LogP contribution in [-0.2, 0) is 16.1 Å². The van der Waals surface area contributed by atoms with Gasteiger partial charge in [0.1, 0.15) is 23.5 Å². The highest BCUT2D eigenvalue weighted by molar-refractivity contribution is 5.96. The van der Waals surface area contributed by atoms with Crippen molar-refractivity contribution >= 4 is 11.8 Å². The lowest BCUT2D eigenvalue weighted by atomic mass is 10.1. The number of pyridine rings is 1. The zero-order valence-electron chi connectivity index (χ0n) is 12.2. The van der Waals surface area contributed by atoms with Crippen molar-refractivity contribution in [2.45, 2.75) is 32.5 Å². The number of hydrogen-bond acceptors (Lipinski definition) is 4. The number of nitrogens with zero attached hydrogens (tertiary/aromatic N) is 3. The Morgan fingerprint density at radius 1 is 1.25 bits per heavy atom. The smallest absolute Gasteiger partial charge is 0.246 e. The maximum Gasteiger partial charge on any atom is 0.246 e. The molecule has 0 N–H and O–H groups in total. The molecule has 2 amide bonds. The van der Waals surface area contributed by atoms with Crippen molar-refractivity contribution in [2.75, 3.05) is 14.2 Å². The van der Waals surface area contributed by atoms with E-state index in [4.69, 9.17) is 4.74 Å². The Balaban J connectivity index is 2.27. The van der Waals surface area contributed by atoms with Crippen LogP contribution in [0.4, 0.5) is 0 Å². The number of methoxy groups -OCH3 is 1. The predicted molar refractivity (Wildman–Crippen MR) is 73.0 cm³/mol. The maximum absolute atomic E-state index is 12.4. The van der Waals surface area contributed by atoms with E-state index >= 15 is 0 Å². The van der Waals surface area contributed by atoms with Gasteiger partial charge >= 0.3 is 0 Å². The van der Waals surface area contributed by atoms with Gasteiger partial charge in [0.25, 0.3) is 0 Å². The first kappa shape index (κ1) is 14.3. The molecule has 2 heterocycles. The van der Waals surface area contributed by atoms with Crippen LogP contribution >= 0.6 is 0 Å². The summed E-state index contributed by atoms with van der Waals surface area (Å²) in [5.74, 6) is 0.478. The van der Waals surface area contributed by atoms with Gasteiger partial charge in [-0.05, 0) is 26.0 Å². The van der Waals surface area contributed by atoms with Crippen LogP contribution in [0.5, 0.6) is 5.75 Å². The SMILES string of the molecule is COc1cccnc1CN1C(=O)[C@H](C)N(C)C(=O)[C@@H]1C. The van der Waals surface area contributed by atoms with Crippen LogP contribution in [0.25, 0.3) is 0 Å². The van der Waals surface area contributed by atoms with E-state index in [1.807, 2.05) is 0 Å². The highest BCUT2D eigenvalue weighted by Gasteiger charge is 2.40. The number of ether oxygens (including phenoxy) is 1. The Labute approximate surface area is 118 Å². The van der Waals surface area contributed by atoms with Gasteiger partial charge in [0, 0.05) is 13.2 Å². The fourth-order valence-corrected chi connectivity index (χ4v) is 2.32. The maximum atomic E-state index is 12.4. The molecular weight excluding hydrogens is 258 g/mol. The second kappa shape index (κ2) is 5.48. The standard InChI is InChI=1S/C14H19N3O3/c1-9-14(19)17(10(2)13(18)16(9)3)8-11-12(20-4)6-5-7-15-11/h5-7,9-10H,8H2,1-4H3/t9-,10-/m0/s1. The van der Waals surface area contributed by atoms with E-state index in [9.17, 15) is 9.59 Å². The number of aromatic nitrogens is 1. The van der Waals surface area contributed by atoms with Crippen LogP contribution in [-0.4, -0.2) is 52.8 Å². The van der Waals surface area contributed by atoms with Crippen LogP contribution in [0.2, 0.25) is 0 Å². The minimum absolute atomic E-state index is 0.0630. The summed E-state index contributed by atoms with van der Waals surface area (Å²) in [7, 11) is 3.21. The Morgan fingerprint density at radius 2 is 1.95 bits per heavy atom. The third-order valence-electron chi connectivity index (χ3n) is 3.78. The van der Waals surface area contributed by atoms with E-state index in [0.29, 0.717) is 11.4 Å². The van der Waals surface area contributed by atoms with Crippen LogP contribution in [0.1, 0.15) is 19.5 Å². The van der Waals surface area contributed by atoms with E-state index in [1.54, 1.807) is 51.2 Å². The number of carbonyl (C=O) groups excluding carboxylic acids is 2. The van der Waals surface area contributed by atoms with E-state index in [0.717, 1.165) is 0 Å². The summed E-state index contributed by atoms with van der Waals surface area (Å²) >= 11 is 0. The zero-order chi connectivity index (χ0) is 14.9. The Kier molecular flexibility index (Phi) is 3.92. The summed E-state index contributed by atoms with van der Waals surface area (Å²) in [6.45, 7) is 3.74. The highest BCUT2D eigenvalue weighted by atomic mass is 16.5. The second-order valence-corrected chi connectivity index (χ2v) is 4.92. The molecule has 1 aliphatic heterocycles. The first-order valence-corrected chi connectivity index (χ1v) is 6.52. The molecular formula is C14H19N3O3. The van der Waals surface area contributed by atoms with Gasteiger partial charge in [-0.25, -0.2) is 0 Å². The van der Waals surface area contributed by atoms with Crippen molar-refractivity contribution < 1.29 is 14.3 Å². The largest absolute Gasteiger partial charge is 0.495 e. The molecule has 2 atom stereocenters. The number of amides is 2. The topological polar surface area (TPSA) is 62.7 Å². The molecule has 0 aromatic carbocycles. The number of carbonyl (C=O) groups is 2. The summed E-state index contributed by atoms with van der Waals surface area (Å²) in [4.78, 5) is 31.8. The quantitative estimate of drug-likeness (QED) is 0.814. The first-order valence-electron chi connectivity index (χ1n) is 6.52. The summed E-state index contributed by atoms with van der Waals surface area (Å²) < 4.78 is 5.24. The Hall–Kier alpha value is -2.11. The van der Waals surface area contributed by atoms with Crippen molar-refractivity contribution in [2.24, 2.45) is 0 Å². The number of rotatable bonds is 3. The second-order valence-electron chi connectivity index (χ2n) is 4.92.